The molecule has 1 atom stereocenters. The minimum Gasteiger partial charge on any atom is -0.463 e. The maximum absolute atomic E-state index is 12.2. The first-order chi connectivity index (χ1) is 13.4. The van der Waals surface area contributed by atoms with E-state index in [0.717, 1.165) is 25.3 Å². The van der Waals surface area contributed by atoms with Crippen molar-refractivity contribution in [1.82, 2.24) is 15.5 Å². The predicted molar refractivity (Wildman–Crippen MR) is 110 cm³/mol. The number of rotatable bonds is 12. The van der Waals surface area contributed by atoms with Crippen molar-refractivity contribution in [2.75, 3.05) is 6.54 Å². The van der Waals surface area contributed by atoms with Crippen LogP contribution in [-0.4, -0.2) is 28.8 Å². The standard InChI is InChI=1S/C22H39N3O3/c1-16(2)14-23-15-20-24-22(28-25-20)19(13-21(26)27-17(3)4)12-8-11-18-9-6-5-7-10-18/h16-19,23H,5-15H2,1-4H3/t19-/m1/s1. The highest BCUT2D eigenvalue weighted by Gasteiger charge is 2.24. The zero-order valence-electron chi connectivity index (χ0n) is 18.2. The molecule has 0 bridgehead atoms. The van der Waals surface area contributed by atoms with Gasteiger partial charge in [0, 0.05) is 5.92 Å². The summed E-state index contributed by atoms with van der Waals surface area (Å²) in [6, 6.07) is 0. The number of ether oxygens (including phenoxy) is 1. The topological polar surface area (TPSA) is 77.2 Å². The van der Waals surface area contributed by atoms with Gasteiger partial charge in [-0.25, -0.2) is 0 Å². The highest BCUT2D eigenvalue weighted by atomic mass is 16.5. The lowest BCUT2D eigenvalue weighted by Crippen LogP contribution is -2.19. The average molecular weight is 394 g/mol. The van der Waals surface area contributed by atoms with Crippen molar-refractivity contribution in [2.45, 2.75) is 104 Å². The molecule has 2 rings (SSSR count). The van der Waals surface area contributed by atoms with E-state index in [1.165, 1.54) is 38.5 Å². The zero-order chi connectivity index (χ0) is 20.4. The SMILES string of the molecule is CC(C)CNCc1noc([C@H](CCCC2CCCCC2)CC(=O)OC(C)C)n1. The van der Waals surface area contributed by atoms with Gasteiger partial charge >= 0.3 is 5.97 Å². The monoisotopic (exact) mass is 393 g/mol. The Labute approximate surface area is 170 Å². The fourth-order valence-corrected chi connectivity index (χ4v) is 3.93. The van der Waals surface area contributed by atoms with Crippen LogP contribution in [0.15, 0.2) is 4.52 Å². The third-order valence-corrected chi connectivity index (χ3v) is 5.34. The molecule has 0 aliphatic heterocycles. The van der Waals surface area contributed by atoms with Crippen LogP contribution in [0.25, 0.3) is 0 Å². The van der Waals surface area contributed by atoms with Gasteiger partial charge in [-0.15, -0.1) is 0 Å². The summed E-state index contributed by atoms with van der Waals surface area (Å²) in [5.41, 5.74) is 0. The Bertz CT molecular complexity index is 565. The van der Waals surface area contributed by atoms with Gasteiger partial charge in [0.2, 0.25) is 5.89 Å². The largest absolute Gasteiger partial charge is 0.463 e. The number of carbonyl (C=O) groups excluding carboxylic acids is 1. The van der Waals surface area contributed by atoms with Gasteiger partial charge in [0.1, 0.15) is 0 Å². The molecule has 1 fully saturated rings. The first kappa shape index (κ1) is 22.9. The number of hydrogen-bond acceptors (Lipinski definition) is 6. The molecule has 0 amide bonds. The normalized spacial score (nSPS) is 16.6. The van der Waals surface area contributed by atoms with Crippen LogP contribution in [0.2, 0.25) is 0 Å². The molecule has 1 aliphatic rings. The summed E-state index contributed by atoms with van der Waals surface area (Å²) < 4.78 is 10.9. The first-order valence-corrected chi connectivity index (χ1v) is 11.2. The second-order valence-corrected chi connectivity index (χ2v) is 8.95. The van der Waals surface area contributed by atoms with Gasteiger partial charge in [-0.3, -0.25) is 4.79 Å². The Morgan fingerprint density at radius 2 is 1.96 bits per heavy atom. The Hall–Kier alpha value is -1.43. The van der Waals surface area contributed by atoms with Crippen molar-refractivity contribution in [3.63, 3.8) is 0 Å². The van der Waals surface area contributed by atoms with Crippen molar-refractivity contribution in [2.24, 2.45) is 11.8 Å². The lowest BCUT2D eigenvalue weighted by Gasteiger charge is -2.22. The van der Waals surface area contributed by atoms with E-state index in [2.05, 4.69) is 29.3 Å². The van der Waals surface area contributed by atoms with E-state index in [-0.39, 0.29) is 18.0 Å². The smallest absolute Gasteiger partial charge is 0.306 e. The molecular weight excluding hydrogens is 354 g/mol. The molecular formula is C22H39N3O3. The molecule has 0 radical (unpaired) electrons. The first-order valence-electron chi connectivity index (χ1n) is 11.2. The van der Waals surface area contributed by atoms with Crippen LogP contribution < -0.4 is 5.32 Å². The molecule has 1 aliphatic carbocycles. The van der Waals surface area contributed by atoms with E-state index in [4.69, 9.17) is 9.26 Å². The van der Waals surface area contributed by atoms with E-state index in [1.807, 2.05) is 13.8 Å². The molecule has 28 heavy (non-hydrogen) atoms. The highest BCUT2D eigenvalue weighted by molar-refractivity contribution is 5.70. The maximum Gasteiger partial charge on any atom is 0.306 e. The molecule has 0 aromatic carbocycles. The van der Waals surface area contributed by atoms with Crippen molar-refractivity contribution in [3.8, 4) is 0 Å². The van der Waals surface area contributed by atoms with Gasteiger partial charge in [0.15, 0.2) is 5.82 Å². The van der Waals surface area contributed by atoms with Crippen molar-refractivity contribution < 1.29 is 14.1 Å². The van der Waals surface area contributed by atoms with Gasteiger partial charge in [-0.2, -0.15) is 4.98 Å². The molecule has 6 nitrogen and oxygen atoms in total. The number of aromatic nitrogens is 2. The van der Waals surface area contributed by atoms with Crippen molar-refractivity contribution in [3.05, 3.63) is 11.7 Å². The molecule has 6 heteroatoms. The third-order valence-electron chi connectivity index (χ3n) is 5.34. The van der Waals surface area contributed by atoms with Gasteiger partial charge in [0.25, 0.3) is 0 Å². The predicted octanol–water partition coefficient (Wildman–Crippen LogP) is 4.99. The van der Waals surface area contributed by atoms with E-state index < -0.39 is 0 Å². The average Bonchev–Trinajstić information content (AvgIpc) is 3.09. The Kier molecular flexibility index (Phi) is 9.96. The fourth-order valence-electron chi connectivity index (χ4n) is 3.93. The Morgan fingerprint density at radius 3 is 2.64 bits per heavy atom. The Morgan fingerprint density at radius 1 is 1.21 bits per heavy atom. The molecule has 1 N–H and O–H groups in total. The highest BCUT2D eigenvalue weighted by Crippen LogP contribution is 2.31. The molecule has 0 spiro atoms. The maximum atomic E-state index is 12.2. The quantitative estimate of drug-likeness (QED) is 0.504. The second-order valence-electron chi connectivity index (χ2n) is 8.95. The summed E-state index contributed by atoms with van der Waals surface area (Å²) >= 11 is 0. The molecule has 1 saturated carbocycles. The molecule has 0 unspecified atom stereocenters. The number of nitrogens with one attached hydrogen (secondary N) is 1. The van der Waals surface area contributed by atoms with Gasteiger partial charge < -0.3 is 14.6 Å². The van der Waals surface area contributed by atoms with Gasteiger partial charge in [-0.1, -0.05) is 63.9 Å². The number of hydrogen-bond donors (Lipinski definition) is 1. The van der Waals surface area contributed by atoms with Crippen molar-refractivity contribution >= 4 is 5.97 Å². The summed E-state index contributed by atoms with van der Waals surface area (Å²) in [5, 5.41) is 7.43. The number of esters is 1. The molecule has 0 saturated heterocycles. The summed E-state index contributed by atoms with van der Waals surface area (Å²) in [6.45, 7) is 9.58. The number of nitrogens with zero attached hydrogens (tertiary/aromatic N) is 2. The van der Waals surface area contributed by atoms with E-state index in [0.29, 0.717) is 30.6 Å². The van der Waals surface area contributed by atoms with Crippen molar-refractivity contribution in [1.29, 1.82) is 0 Å². The van der Waals surface area contributed by atoms with E-state index in [9.17, 15) is 4.79 Å². The summed E-state index contributed by atoms with van der Waals surface area (Å²) in [4.78, 5) is 16.8. The minimum absolute atomic E-state index is 0.0545. The van der Waals surface area contributed by atoms with Gasteiger partial charge in [-0.05, 0) is 38.6 Å². The van der Waals surface area contributed by atoms with Crippen LogP contribution in [0.1, 0.15) is 103 Å². The van der Waals surface area contributed by atoms with Crippen LogP contribution in [0.5, 0.6) is 0 Å². The van der Waals surface area contributed by atoms with E-state index >= 15 is 0 Å². The van der Waals surface area contributed by atoms with Crippen LogP contribution in [-0.2, 0) is 16.1 Å². The summed E-state index contributed by atoms with van der Waals surface area (Å²) in [6.07, 6.45) is 10.2. The van der Waals surface area contributed by atoms with Crippen LogP contribution in [0, 0.1) is 11.8 Å². The summed E-state index contributed by atoms with van der Waals surface area (Å²) in [5.74, 6) is 2.41. The second kappa shape index (κ2) is 12.2. The summed E-state index contributed by atoms with van der Waals surface area (Å²) in [7, 11) is 0. The number of carbonyl (C=O) groups is 1. The van der Waals surface area contributed by atoms with Crippen LogP contribution in [0.3, 0.4) is 0 Å². The fraction of sp³-hybridized carbons (Fsp3) is 0.864. The minimum atomic E-state index is -0.185. The zero-order valence-corrected chi connectivity index (χ0v) is 18.2. The molecule has 1 aromatic rings. The van der Waals surface area contributed by atoms with Crippen LogP contribution in [0.4, 0.5) is 0 Å². The lowest BCUT2D eigenvalue weighted by atomic mass is 9.84. The molecule has 1 heterocycles. The Balaban J connectivity index is 1.90. The lowest BCUT2D eigenvalue weighted by molar-refractivity contribution is -0.148. The third kappa shape index (κ3) is 8.72. The van der Waals surface area contributed by atoms with E-state index in [1.54, 1.807) is 0 Å². The van der Waals surface area contributed by atoms with Crippen LogP contribution >= 0.6 is 0 Å². The molecule has 160 valence electrons. The van der Waals surface area contributed by atoms with Gasteiger partial charge in [0.05, 0.1) is 19.1 Å². The molecule has 1 aromatic heterocycles.